The summed E-state index contributed by atoms with van der Waals surface area (Å²) in [7, 11) is -7.75. The smallest absolute Gasteiger partial charge is 0.114 e. The van der Waals surface area contributed by atoms with E-state index in [0.29, 0.717) is 65.9 Å². The number of esters is 1. The zero-order chi connectivity index (χ0) is 74.2. The van der Waals surface area contributed by atoms with Crippen molar-refractivity contribution >= 4 is 106 Å². The molecule has 100 heavy (non-hydrogen) atoms. The first-order valence-corrected chi connectivity index (χ1v) is 55.5. The molecule has 1 unspecified atom stereocenters. The number of allylic oxidation sites excluding steroid dienone is 1. The molecule has 0 bridgehead atoms. The van der Waals surface area contributed by atoms with Crippen molar-refractivity contribution in [2.24, 2.45) is 5.92 Å². The van der Waals surface area contributed by atoms with E-state index in [1.54, 1.807) is 12.1 Å². The van der Waals surface area contributed by atoms with Crippen molar-refractivity contribution in [1.29, 1.82) is 0 Å². The van der Waals surface area contributed by atoms with E-state index < -0.39 is 103 Å². The molecule has 6 rings (SSSR count). The van der Waals surface area contributed by atoms with Crippen LogP contribution in [0.3, 0.4) is 0 Å². The number of halogens is 4. The Morgan fingerprint density at radius 3 is 1.84 bits per heavy atom. The Bertz CT molecular complexity index is 2930. The molecule has 11 nitrogen and oxygen atoms in total. The summed E-state index contributed by atoms with van der Waals surface area (Å²) in [5.74, 6) is -0.747. The van der Waals surface area contributed by atoms with Gasteiger partial charge in [-0.05, 0) is 71.9 Å². The molecule has 3 aliphatic rings. The molecule has 3 heterocycles. The molecule has 0 spiro atoms. The van der Waals surface area contributed by atoms with Crippen molar-refractivity contribution in [1.82, 2.24) is 0 Å². The number of ether oxygens (including phenoxy) is 7. The van der Waals surface area contributed by atoms with Gasteiger partial charge in [-0.25, -0.2) is 0 Å². The van der Waals surface area contributed by atoms with Gasteiger partial charge in [-0.3, -0.25) is 0 Å². The van der Waals surface area contributed by atoms with E-state index >= 15 is 0 Å². The normalized spacial score (nSPS) is 24.8. The van der Waals surface area contributed by atoms with Crippen LogP contribution < -0.4 is 10.4 Å². The number of hydrogen-bond acceptors (Lipinski definition) is 11. The third-order valence-electron chi connectivity index (χ3n) is 23.2. The molecule has 3 aliphatic heterocycles. The molecular formula is C81H132Cl4O11Si3Sn. The van der Waals surface area contributed by atoms with Crippen LogP contribution in [0.5, 0.6) is 0 Å². The van der Waals surface area contributed by atoms with Crippen molar-refractivity contribution in [3.05, 3.63) is 118 Å². The first-order valence-electron chi connectivity index (χ1n) is 38.0. The molecule has 3 aromatic rings. The average molecular weight is 1630 g/mol. The summed E-state index contributed by atoms with van der Waals surface area (Å²) in [5.41, 5.74) is -2.05. The minimum atomic E-state index is -2.75. The van der Waals surface area contributed by atoms with Crippen molar-refractivity contribution in [2.75, 3.05) is 19.1 Å². The summed E-state index contributed by atoms with van der Waals surface area (Å²) in [6.45, 7) is 51.0. The second kappa shape index (κ2) is 38.2. The van der Waals surface area contributed by atoms with Gasteiger partial charge in [-0.1, -0.05) is 164 Å². The number of carbonyl (C=O) groups excluding carboxylic acids is 1. The van der Waals surface area contributed by atoms with Crippen molar-refractivity contribution in [3.63, 3.8) is 0 Å². The fourth-order valence-corrected chi connectivity index (χ4v) is 38.6. The van der Waals surface area contributed by atoms with E-state index in [0.717, 1.165) is 23.7 Å². The van der Waals surface area contributed by atoms with Gasteiger partial charge in [-0.2, -0.15) is 0 Å². The van der Waals surface area contributed by atoms with Gasteiger partial charge in [0.05, 0.1) is 6.61 Å². The van der Waals surface area contributed by atoms with Crippen LogP contribution in [0.15, 0.2) is 97.8 Å². The SMILES string of the molecule is C=C[C@](C)(O[Si](C)(C)C(C)(C)C)[C@@H](CCCOCc1c(Cl)cc(Cl)cc1Cl)OC(CC[C@@]1(C)O[C@H]2[C@@H](O[Si](C)(C)C(C)(C)C)C[C@@]3(C)O[C@@H](CCCO[Si](c4ccccc4)(c4ccccc4)C(C)(C)C)[C@@H](C)C[C@@H]3O[C@@H]2C[C@@H]1O/C=C\[CH2][Sn]([CH2]CCC)([CH2]CCC)[CH2]CCC)OC(=O)CCl. The molecule has 0 radical (unpaired) electrons. The Morgan fingerprint density at radius 1 is 0.750 bits per heavy atom. The van der Waals surface area contributed by atoms with Crippen LogP contribution in [0.25, 0.3) is 0 Å². The molecule has 0 amide bonds. The number of hydrogen-bond donors (Lipinski definition) is 0. The first kappa shape index (κ1) is 87.6. The summed E-state index contributed by atoms with van der Waals surface area (Å²) in [6, 6.07) is 25.2. The van der Waals surface area contributed by atoms with E-state index in [4.69, 9.17) is 92.8 Å². The summed E-state index contributed by atoms with van der Waals surface area (Å²) in [5, 5.41) is 3.49. The third-order valence-corrected chi connectivity index (χ3v) is 53.7. The number of fused-ring (bicyclic) bond motifs is 2. The minimum Gasteiger partial charge on any atom is -0.114 e. The van der Waals surface area contributed by atoms with E-state index in [-0.39, 0.29) is 52.1 Å². The molecule has 19 heteroatoms. The summed E-state index contributed by atoms with van der Waals surface area (Å²) in [6.07, 6.45) is 15.3. The second-order valence-electron chi connectivity index (χ2n) is 34.3. The van der Waals surface area contributed by atoms with Crippen LogP contribution in [0, 0.1) is 5.92 Å². The Kier molecular flexibility index (Phi) is 33.4. The monoisotopic (exact) mass is 1620 g/mol. The predicted octanol–water partition coefficient (Wildman–Crippen LogP) is 22.6. The number of alkyl halides is 1. The Balaban J connectivity index is 1.38. The predicted molar refractivity (Wildman–Crippen MR) is 429 cm³/mol. The zero-order valence-corrected chi connectivity index (χ0v) is 74.2. The van der Waals surface area contributed by atoms with Gasteiger partial charge in [0.2, 0.25) is 0 Å². The summed E-state index contributed by atoms with van der Waals surface area (Å²) in [4.78, 5) is 13.7. The maximum atomic E-state index is 13.7. The Hall–Kier alpha value is -1.30. The molecular weight excluding hydrogens is 1490 g/mol. The van der Waals surface area contributed by atoms with Crippen LogP contribution in [-0.4, -0.2) is 134 Å². The molecule has 0 N–H and O–H groups in total. The number of benzene rings is 3. The van der Waals surface area contributed by atoms with E-state index in [2.05, 4.69) is 203 Å². The fraction of sp³-hybridized carbons (Fsp3) is 0.716. The van der Waals surface area contributed by atoms with Gasteiger partial charge in [0.1, 0.15) is 0 Å². The number of unbranched alkanes of at least 4 members (excludes halogenated alkanes) is 3. The van der Waals surface area contributed by atoms with Crippen molar-refractivity contribution in [3.8, 4) is 0 Å². The third kappa shape index (κ3) is 23.1. The molecule has 0 aromatic heterocycles. The van der Waals surface area contributed by atoms with Crippen LogP contribution in [-0.2, 0) is 57.8 Å². The minimum absolute atomic E-state index is 0.0371. The van der Waals surface area contributed by atoms with Gasteiger partial charge >= 0.3 is 315 Å². The van der Waals surface area contributed by atoms with E-state index in [9.17, 15) is 4.79 Å². The summed E-state index contributed by atoms with van der Waals surface area (Å²) < 4.78 is 78.2. The van der Waals surface area contributed by atoms with Crippen LogP contribution in [0.4, 0.5) is 0 Å². The maximum absolute atomic E-state index is 13.7. The molecule has 12 atom stereocenters. The fourth-order valence-electron chi connectivity index (χ4n) is 15.0. The van der Waals surface area contributed by atoms with Crippen LogP contribution in [0.2, 0.25) is 74.1 Å². The van der Waals surface area contributed by atoms with Gasteiger partial charge in [0.25, 0.3) is 8.32 Å². The van der Waals surface area contributed by atoms with Gasteiger partial charge in [0.15, 0.2) is 8.32 Å². The van der Waals surface area contributed by atoms with Crippen molar-refractivity contribution in [2.45, 2.75) is 339 Å². The van der Waals surface area contributed by atoms with Crippen LogP contribution >= 0.6 is 46.4 Å². The topological polar surface area (TPSA) is 109 Å². The second-order valence-corrected chi connectivity index (χ2v) is 63.6. The van der Waals surface area contributed by atoms with Gasteiger partial charge in [0, 0.05) is 33.8 Å². The number of rotatable bonds is 39. The van der Waals surface area contributed by atoms with E-state index in [1.807, 2.05) is 19.3 Å². The van der Waals surface area contributed by atoms with Gasteiger partial charge in [-0.15, -0.1) is 18.2 Å². The van der Waals surface area contributed by atoms with Crippen molar-refractivity contribution < 1.29 is 51.2 Å². The van der Waals surface area contributed by atoms with E-state index in [1.165, 1.54) is 62.2 Å². The standard InChI is InChI=1S/C69H105Cl4O11Si3.3C4H9.Sn/c1-20-38-76-59-44-56-63(82-68(59,14)37-36-62(80-61(74)46-70)79-58(67(13,21-2)84-86(18,19)65(7,8)9)35-29-39-75-47-52-53(72)42-49(71)43-54(52)73)57(83-85(16,17)64(4,5)6)45-69(15)60(78-56)41-48(3)55(81-69)34-28-40-77-87(66(10,11)12,50-30-24-22-25-31-50)51-32-26-23-27-33-51;3*1-3-4-2;/h20-27,30-33,38,42-43,48,55-60,62-63H,1-2,28-29,34-37,39-41,44-47H2,3-19H3;3*1,3-4H2,2H3;/b38-20-;;;;/t48-,55-,56+,57-,58+,59-,60-,62?,63+,67-,68+,69+;;;;/m0..../s1. The van der Waals surface area contributed by atoms with Crippen LogP contribution in [0.1, 0.15) is 213 Å². The quantitative estimate of drug-likeness (QED) is 0.0104. The average Bonchev–Trinajstić information content (AvgIpc) is 0.774. The summed E-state index contributed by atoms with van der Waals surface area (Å²) >= 11 is 23.2. The molecule has 566 valence electrons. The molecule has 3 saturated heterocycles. The molecule has 0 saturated carbocycles. The Morgan fingerprint density at radius 2 is 1.32 bits per heavy atom. The first-order chi connectivity index (χ1) is 46.8. The molecule has 0 aliphatic carbocycles. The number of carbonyl (C=O) groups is 1. The molecule has 3 fully saturated rings. The zero-order valence-electron chi connectivity index (χ0n) is 65.3. The van der Waals surface area contributed by atoms with Gasteiger partial charge < -0.3 is 13.6 Å². The molecule has 3 aromatic carbocycles. The Labute approximate surface area is 634 Å².